The van der Waals surface area contributed by atoms with Crippen LogP contribution in [0.15, 0.2) is 30.3 Å². The largest absolute Gasteiger partial charge is 0.465 e. The van der Waals surface area contributed by atoms with Gasteiger partial charge in [-0.25, -0.2) is 0 Å². The number of benzene rings is 1. The van der Waals surface area contributed by atoms with E-state index in [0.29, 0.717) is 0 Å². The Bertz CT molecular complexity index is 488. The number of carbonyl (C=O) groups is 2. The van der Waals surface area contributed by atoms with Gasteiger partial charge < -0.3 is 10.1 Å². The molecule has 7 heteroatoms. The Labute approximate surface area is 120 Å². The first kappa shape index (κ1) is 17.0. The monoisotopic (exact) mass is 303 g/mol. The number of carbonyl (C=O) groups excluding carboxylic acids is 2. The van der Waals surface area contributed by atoms with Gasteiger partial charge in [-0.05, 0) is 12.5 Å². The van der Waals surface area contributed by atoms with Crippen molar-refractivity contribution in [3.8, 4) is 0 Å². The molecule has 1 amide bonds. The van der Waals surface area contributed by atoms with Gasteiger partial charge in [0.25, 0.3) is 0 Å². The van der Waals surface area contributed by atoms with Crippen LogP contribution in [0.1, 0.15) is 25.5 Å². The summed E-state index contributed by atoms with van der Waals surface area (Å²) in [6.45, 7) is 2.34. The molecule has 0 heterocycles. The topological polar surface area (TPSA) is 55.4 Å². The Kier molecular flexibility index (Phi) is 5.75. The smallest absolute Gasteiger partial charge is 0.404 e. The second-order valence-corrected chi connectivity index (χ2v) is 4.36. The summed E-state index contributed by atoms with van der Waals surface area (Å²) in [5.41, 5.74) is 0.183. The molecule has 0 aromatic heterocycles. The summed E-state index contributed by atoms with van der Waals surface area (Å²) in [5.74, 6) is -4.53. The van der Waals surface area contributed by atoms with E-state index < -0.39 is 30.0 Å². The Balaban J connectivity index is 3.24. The van der Waals surface area contributed by atoms with Gasteiger partial charge in [0.15, 0.2) is 5.92 Å². The highest BCUT2D eigenvalue weighted by atomic mass is 19.4. The fourth-order valence-corrected chi connectivity index (χ4v) is 1.93. The molecule has 0 aliphatic rings. The number of alkyl halides is 3. The van der Waals surface area contributed by atoms with Crippen molar-refractivity contribution in [1.82, 2.24) is 5.32 Å². The summed E-state index contributed by atoms with van der Waals surface area (Å²) in [5, 5.41) is 2.18. The zero-order valence-electron chi connectivity index (χ0n) is 11.6. The van der Waals surface area contributed by atoms with Crippen molar-refractivity contribution in [2.45, 2.75) is 26.1 Å². The van der Waals surface area contributed by atoms with Gasteiger partial charge in [0.1, 0.15) is 0 Å². The van der Waals surface area contributed by atoms with Crippen LogP contribution in [0.5, 0.6) is 0 Å². The Morgan fingerprint density at radius 2 is 1.81 bits per heavy atom. The van der Waals surface area contributed by atoms with Crippen molar-refractivity contribution >= 4 is 11.9 Å². The minimum absolute atomic E-state index is 0.174. The molecule has 0 aliphatic carbocycles. The van der Waals surface area contributed by atoms with Gasteiger partial charge in [-0.2, -0.15) is 13.2 Å². The van der Waals surface area contributed by atoms with E-state index in [0.717, 1.165) is 6.92 Å². The maximum absolute atomic E-state index is 13.2. The zero-order valence-corrected chi connectivity index (χ0v) is 11.6. The molecule has 2 unspecified atom stereocenters. The molecule has 116 valence electrons. The average Bonchev–Trinajstić information content (AvgIpc) is 2.37. The summed E-state index contributed by atoms with van der Waals surface area (Å²) in [7, 11) is 0. The summed E-state index contributed by atoms with van der Waals surface area (Å²) < 4.78 is 44.2. The number of ether oxygens (including phenoxy) is 1. The van der Waals surface area contributed by atoms with Crippen LogP contribution in [0.25, 0.3) is 0 Å². The van der Waals surface area contributed by atoms with Crippen molar-refractivity contribution < 1.29 is 27.5 Å². The number of rotatable bonds is 5. The molecule has 0 fully saturated rings. The van der Waals surface area contributed by atoms with Crippen molar-refractivity contribution in [3.63, 3.8) is 0 Å². The first-order valence-corrected chi connectivity index (χ1v) is 6.32. The van der Waals surface area contributed by atoms with Crippen LogP contribution in [-0.2, 0) is 14.3 Å². The number of amides is 1. The quantitative estimate of drug-likeness (QED) is 0.851. The predicted octanol–water partition coefficient (Wildman–Crippen LogP) is 2.61. The summed E-state index contributed by atoms with van der Waals surface area (Å²) >= 11 is 0. The first-order valence-electron chi connectivity index (χ1n) is 6.32. The molecule has 1 aromatic rings. The highest BCUT2D eigenvalue weighted by Gasteiger charge is 2.51. The van der Waals surface area contributed by atoms with Crippen LogP contribution >= 0.6 is 0 Å². The summed E-state index contributed by atoms with van der Waals surface area (Å²) in [6, 6.07) is 5.99. The average molecular weight is 303 g/mol. The van der Waals surface area contributed by atoms with E-state index in [-0.39, 0.29) is 12.2 Å². The molecular weight excluding hydrogens is 287 g/mol. The zero-order chi connectivity index (χ0) is 16.0. The van der Waals surface area contributed by atoms with Gasteiger partial charge in [0.2, 0.25) is 5.91 Å². The van der Waals surface area contributed by atoms with E-state index in [1.54, 1.807) is 6.07 Å². The predicted molar refractivity (Wildman–Crippen MR) is 69.2 cm³/mol. The fraction of sp³-hybridized carbons (Fsp3) is 0.429. The standard InChI is InChI=1S/C14H16F3NO3/c1-3-21-13(20)11(14(15,16)17)12(18-9(2)19)10-7-5-4-6-8-10/h4-8,11-12H,3H2,1-2H3,(H,18,19). The fourth-order valence-electron chi connectivity index (χ4n) is 1.93. The number of esters is 1. The lowest BCUT2D eigenvalue weighted by molar-refractivity contribution is -0.203. The Morgan fingerprint density at radius 3 is 2.24 bits per heavy atom. The van der Waals surface area contributed by atoms with E-state index >= 15 is 0 Å². The lowest BCUT2D eigenvalue weighted by atomic mass is 9.92. The van der Waals surface area contributed by atoms with Gasteiger partial charge in [-0.15, -0.1) is 0 Å². The lowest BCUT2D eigenvalue weighted by Gasteiger charge is -2.28. The van der Waals surface area contributed by atoms with E-state index in [9.17, 15) is 22.8 Å². The van der Waals surface area contributed by atoms with Crippen LogP contribution in [0.4, 0.5) is 13.2 Å². The Hall–Kier alpha value is -2.05. The third-order valence-corrected chi connectivity index (χ3v) is 2.74. The van der Waals surface area contributed by atoms with Crippen LogP contribution < -0.4 is 5.32 Å². The third-order valence-electron chi connectivity index (χ3n) is 2.74. The molecule has 0 spiro atoms. The minimum Gasteiger partial charge on any atom is -0.465 e. The maximum atomic E-state index is 13.2. The molecule has 0 saturated heterocycles. The number of nitrogens with one attached hydrogen (secondary N) is 1. The molecular formula is C14H16F3NO3. The molecule has 4 nitrogen and oxygen atoms in total. The van der Waals surface area contributed by atoms with Gasteiger partial charge in [0.05, 0.1) is 12.6 Å². The molecule has 21 heavy (non-hydrogen) atoms. The van der Waals surface area contributed by atoms with E-state index in [1.807, 2.05) is 0 Å². The second kappa shape index (κ2) is 7.10. The number of hydrogen-bond donors (Lipinski definition) is 1. The van der Waals surface area contributed by atoms with E-state index in [2.05, 4.69) is 10.1 Å². The number of halogens is 3. The van der Waals surface area contributed by atoms with Gasteiger partial charge in [-0.3, -0.25) is 9.59 Å². The van der Waals surface area contributed by atoms with E-state index in [1.165, 1.54) is 31.2 Å². The van der Waals surface area contributed by atoms with Crippen LogP contribution in [-0.4, -0.2) is 24.7 Å². The van der Waals surface area contributed by atoms with Crippen molar-refractivity contribution in [3.05, 3.63) is 35.9 Å². The SMILES string of the molecule is CCOC(=O)C(C(NC(C)=O)c1ccccc1)C(F)(F)F. The Morgan fingerprint density at radius 1 is 1.24 bits per heavy atom. The van der Waals surface area contributed by atoms with Crippen molar-refractivity contribution in [2.75, 3.05) is 6.61 Å². The molecule has 2 atom stereocenters. The van der Waals surface area contributed by atoms with Crippen LogP contribution in [0.2, 0.25) is 0 Å². The molecule has 1 rings (SSSR count). The highest BCUT2D eigenvalue weighted by Crippen LogP contribution is 2.37. The molecule has 0 bridgehead atoms. The molecule has 0 saturated carbocycles. The maximum Gasteiger partial charge on any atom is 0.404 e. The third kappa shape index (κ3) is 4.77. The van der Waals surface area contributed by atoms with E-state index in [4.69, 9.17) is 0 Å². The van der Waals surface area contributed by atoms with Crippen molar-refractivity contribution in [1.29, 1.82) is 0 Å². The molecule has 1 aromatic carbocycles. The first-order chi connectivity index (χ1) is 9.77. The molecule has 0 radical (unpaired) electrons. The van der Waals surface area contributed by atoms with Crippen LogP contribution in [0, 0.1) is 5.92 Å². The number of hydrogen-bond acceptors (Lipinski definition) is 3. The summed E-state index contributed by atoms with van der Waals surface area (Å²) in [6.07, 6.45) is -4.84. The van der Waals surface area contributed by atoms with Crippen LogP contribution in [0.3, 0.4) is 0 Å². The highest BCUT2D eigenvalue weighted by molar-refractivity contribution is 5.78. The van der Waals surface area contributed by atoms with Gasteiger partial charge in [0, 0.05) is 6.92 Å². The normalized spacial score (nSPS) is 14.1. The van der Waals surface area contributed by atoms with Gasteiger partial charge in [-0.1, -0.05) is 30.3 Å². The minimum atomic E-state index is -4.84. The summed E-state index contributed by atoms with van der Waals surface area (Å²) in [4.78, 5) is 22.9. The van der Waals surface area contributed by atoms with Gasteiger partial charge >= 0.3 is 12.1 Å². The lowest BCUT2D eigenvalue weighted by Crippen LogP contribution is -2.44. The molecule has 0 aliphatic heterocycles. The second-order valence-electron chi connectivity index (χ2n) is 4.36. The molecule has 1 N–H and O–H groups in total. The van der Waals surface area contributed by atoms with Crippen molar-refractivity contribution in [2.24, 2.45) is 5.92 Å².